The standard InChI is InChI=1S/C4H14BO3P/c1-2-3-4-9(5,6,7)8/h6-8H,2-5H2,1H3. The van der Waals surface area contributed by atoms with E-state index < -0.39 is 7.16 Å². The van der Waals surface area contributed by atoms with E-state index in [9.17, 15) is 0 Å². The molecule has 0 unspecified atom stereocenters. The summed E-state index contributed by atoms with van der Waals surface area (Å²) in [5, 5.41) is 0. The first-order chi connectivity index (χ1) is 3.81. The predicted molar refractivity (Wildman–Crippen MR) is 41.9 cm³/mol. The second-order valence-electron chi connectivity index (χ2n) is 2.69. The van der Waals surface area contributed by atoms with Gasteiger partial charge < -0.3 is 0 Å². The molecule has 0 radical (unpaired) electrons. The van der Waals surface area contributed by atoms with Crippen molar-refractivity contribution in [3.8, 4) is 0 Å². The van der Waals surface area contributed by atoms with Crippen LogP contribution in [0.3, 0.4) is 0 Å². The monoisotopic (exact) mass is 152 g/mol. The molecule has 0 saturated heterocycles. The van der Waals surface area contributed by atoms with Crippen molar-refractivity contribution in [2.45, 2.75) is 19.8 Å². The molecule has 0 aliphatic rings. The van der Waals surface area contributed by atoms with Crippen molar-refractivity contribution in [3.63, 3.8) is 0 Å². The van der Waals surface area contributed by atoms with Crippen molar-refractivity contribution in [2.24, 2.45) is 0 Å². The third-order valence-corrected chi connectivity index (χ3v) is 2.40. The van der Waals surface area contributed by atoms with E-state index in [-0.39, 0.29) is 6.16 Å². The van der Waals surface area contributed by atoms with Crippen molar-refractivity contribution < 1.29 is 14.7 Å². The van der Waals surface area contributed by atoms with Crippen molar-refractivity contribution in [1.29, 1.82) is 0 Å². The molecule has 0 aromatic rings. The Labute approximate surface area is 56.3 Å². The molecule has 0 spiro atoms. The molecule has 0 fully saturated rings. The Kier molecular flexibility index (Phi) is 2.65. The molecule has 0 atom stereocenters. The summed E-state index contributed by atoms with van der Waals surface area (Å²) in [6, 6.07) is 0. The molecular formula is C4H14BO3P. The van der Waals surface area contributed by atoms with E-state index in [1.165, 1.54) is 0 Å². The van der Waals surface area contributed by atoms with E-state index in [1.807, 2.05) is 6.92 Å². The first-order valence-corrected chi connectivity index (χ1v) is 5.80. The summed E-state index contributed by atoms with van der Waals surface area (Å²) in [5.74, 6) is 0. The molecule has 5 heteroatoms. The molecule has 56 valence electrons. The van der Waals surface area contributed by atoms with Gasteiger partial charge in [-0.2, -0.15) is 0 Å². The average Bonchev–Trinajstić information content (AvgIpc) is 1.57. The van der Waals surface area contributed by atoms with E-state index in [0.29, 0.717) is 6.42 Å². The Bertz CT molecular complexity index is 88.5. The second-order valence-corrected chi connectivity index (χ2v) is 6.35. The van der Waals surface area contributed by atoms with Crippen molar-refractivity contribution in [1.82, 2.24) is 0 Å². The van der Waals surface area contributed by atoms with Crippen LogP contribution in [-0.2, 0) is 0 Å². The third kappa shape index (κ3) is 8.37. The normalized spacial score (nSPS) is 16.7. The first-order valence-electron chi connectivity index (χ1n) is 3.07. The molecular weight excluding hydrogens is 138 g/mol. The van der Waals surface area contributed by atoms with Crippen molar-refractivity contribution in [3.05, 3.63) is 0 Å². The molecule has 0 aliphatic heterocycles. The van der Waals surface area contributed by atoms with Gasteiger partial charge in [0.05, 0.1) is 0 Å². The number of rotatable bonds is 3. The van der Waals surface area contributed by atoms with Crippen molar-refractivity contribution >= 4 is 14.7 Å². The van der Waals surface area contributed by atoms with E-state index in [0.717, 1.165) is 14.0 Å². The van der Waals surface area contributed by atoms with Crippen LogP contribution in [-0.4, -0.2) is 28.4 Å². The van der Waals surface area contributed by atoms with Crippen molar-refractivity contribution in [2.75, 3.05) is 6.16 Å². The van der Waals surface area contributed by atoms with Crippen LogP contribution < -0.4 is 0 Å². The Morgan fingerprint density at radius 3 is 1.89 bits per heavy atom. The van der Waals surface area contributed by atoms with Gasteiger partial charge in [0.2, 0.25) is 0 Å². The van der Waals surface area contributed by atoms with E-state index in [1.54, 1.807) is 0 Å². The molecule has 0 aromatic heterocycles. The number of hydrogen-bond donors (Lipinski definition) is 3. The minimum atomic E-state index is -4.13. The zero-order chi connectivity index (χ0) is 7.57. The summed E-state index contributed by atoms with van der Waals surface area (Å²) in [5.41, 5.74) is 0. The molecule has 0 aromatic carbocycles. The quantitative estimate of drug-likeness (QED) is 0.381. The van der Waals surface area contributed by atoms with Gasteiger partial charge in [0, 0.05) is 0 Å². The van der Waals surface area contributed by atoms with Crippen LogP contribution >= 0.6 is 7.16 Å². The Balaban J connectivity index is 3.60. The minimum absolute atomic E-state index is 0.127. The predicted octanol–water partition coefficient (Wildman–Crippen LogP) is -0.390. The number of unbranched alkanes of at least 4 members (excludes halogenated alkanes) is 1. The van der Waals surface area contributed by atoms with Crippen LogP contribution in [0.4, 0.5) is 0 Å². The van der Waals surface area contributed by atoms with Gasteiger partial charge in [-0.1, -0.05) is 0 Å². The summed E-state index contributed by atoms with van der Waals surface area (Å²) in [6.07, 6.45) is 1.66. The molecule has 0 rings (SSSR count). The van der Waals surface area contributed by atoms with Crippen LogP contribution in [0.5, 0.6) is 0 Å². The fourth-order valence-electron chi connectivity index (χ4n) is 0.528. The molecule has 9 heavy (non-hydrogen) atoms. The molecule has 0 bridgehead atoms. The maximum atomic E-state index is 8.86. The molecule has 0 amide bonds. The van der Waals surface area contributed by atoms with E-state index in [4.69, 9.17) is 14.7 Å². The molecule has 3 N–H and O–H groups in total. The Morgan fingerprint density at radius 1 is 1.33 bits per heavy atom. The zero-order valence-electron chi connectivity index (χ0n) is 5.91. The SMILES string of the molecule is BP(O)(O)(O)CCCC. The maximum absolute atomic E-state index is 8.86. The van der Waals surface area contributed by atoms with Crippen LogP contribution in [0.2, 0.25) is 0 Å². The molecule has 0 heterocycles. The van der Waals surface area contributed by atoms with Gasteiger partial charge in [-0.25, -0.2) is 0 Å². The first kappa shape index (κ1) is 9.37. The third-order valence-electron chi connectivity index (χ3n) is 1.04. The van der Waals surface area contributed by atoms with Crippen LogP contribution in [0.15, 0.2) is 0 Å². The fourth-order valence-corrected chi connectivity index (χ4v) is 1.59. The fraction of sp³-hybridized carbons (Fsp3) is 1.00. The van der Waals surface area contributed by atoms with Gasteiger partial charge in [0.15, 0.2) is 0 Å². The van der Waals surface area contributed by atoms with Crippen LogP contribution in [0, 0.1) is 0 Å². The second kappa shape index (κ2) is 2.55. The summed E-state index contributed by atoms with van der Waals surface area (Å²) >= 11 is 0. The number of hydrogen-bond acceptors (Lipinski definition) is 3. The van der Waals surface area contributed by atoms with E-state index in [2.05, 4.69) is 0 Å². The molecule has 0 aliphatic carbocycles. The van der Waals surface area contributed by atoms with Gasteiger partial charge in [0.25, 0.3) is 0 Å². The zero-order valence-corrected chi connectivity index (χ0v) is 6.80. The Morgan fingerprint density at radius 2 is 1.78 bits per heavy atom. The molecule has 0 saturated carbocycles. The Hall–Kier alpha value is 0.375. The topological polar surface area (TPSA) is 60.7 Å². The summed E-state index contributed by atoms with van der Waals surface area (Å²) in [4.78, 5) is 26.6. The van der Waals surface area contributed by atoms with Gasteiger partial charge in [-0.05, 0) is 0 Å². The van der Waals surface area contributed by atoms with Crippen LogP contribution in [0.25, 0.3) is 0 Å². The van der Waals surface area contributed by atoms with Crippen LogP contribution in [0.1, 0.15) is 19.8 Å². The van der Waals surface area contributed by atoms with E-state index >= 15 is 0 Å². The summed E-state index contributed by atoms with van der Waals surface area (Å²) < 4.78 is 0. The van der Waals surface area contributed by atoms with Gasteiger partial charge >= 0.3 is 55.3 Å². The summed E-state index contributed by atoms with van der Waals surface area (Å²) in [7, 11) is -3.02. The van der Waals surface area contributed by atoms with Gasteiger partial charge in [0.1, 0.15) is 0 Å². The summed E-state index contributed by atoms with van der Waals surface area (Å²) in [6.45, 7) is 1.93. The van der Waals surface area contributed by atoms with Gasteiger partial charge in [-0.15, -0.1) is 0 Å². The molecule has 3 nitrogen and oxygen atoms in total. The van der Waals surface area contributed by atoms with Gasteiger partial charge in [-0.3, -0.25) is 0 Å². The average molecular weight is 152 g/mol.